The number of rotatable bonds is 7. The van der Waals surface area contributed by atoms with Gasteiger partial charge in [-0.2, -0.15) is 0 Å². The lowest BCUT2D eigenvalue weighted by Gasteiger charge is -2.09. The summed E-state index contributed by atoms with van der Waals surface area (Å²) in [4.78, 5) is 0. The molecule has 0 aliphatic heterocycles. The number of aliphatic hydroxyl groups excluding tert-OH is 1. The van der Waals surface area contributed by atoms with E-state index in [4.69, 9.17) is 27.9 Å². The van der Waals surface area contributed by atoms with Crippen LogP contribution in [0.3, 0.4) is 0 Å². The van der Waals surface area contributed by atoms with Gasteiger partial charge in [0.1, 0.15) is 0 Å². The fraction of sp³-hybridized carbons (Fsp3) is 0.750. The summed E-state index contributed by atoms with van der Waals surface area (Å²) in [7, 11) is 1.56. The average molecular weight is 228 g/mol. The first kappa shape index (κ1) is 13.2. The van der Waals surface area contributed by atoms with E-state index in [1.54, 1.807) is 7.11 Å². The predicted molar refractivity (Wildman–Crippen MR) is 55.2 cm³/mol. The van der Waals surface area contributed by atoms with Gasteiger partial charge < -0.3 is 15.2 Å². The Morgan fingerprint density at radius 3 is 2.92 bits per heavy atom. The monoisotopic (exact) mass is 227 g/mol. The van der Waals surface area contributed by atoms with Crippen LogP contribution in [0.2, 0.25) is 0 Å². The largest absolute Gasteiger partial charge is 0.391 e. The van der Waals surface area contributed by atoms with Gasteiger partial charge in [0.15, 0.2) is 0 Å². The van der Waals surface area contributed by atoms with Crippen molar-refractivity contribution in [2.24, 2.45) is 0 Å². The lowest BCUT2D eigenvalue weighted by Crippen LogP contribution is -2.24. The molecule has 0 spiro atoms. The van der Waals surface area contributed by atoms with E-state index in [1.165, 1.54) is 5.54 Å². The van der Waals surface area contributed by atoms with Gasteiger partial charge in [-0.3, -0.25) is 0 Å². The lowest BCUT2D eigenvalue weighted by atomic mass is 10.2. The molecule has 0 aromatic carbocycles. The average Bonchev–Trinajstić information content (AvgIpc) is 2.12. The molecule has 78 valence electrons. The number of hydrogen-bond acceptors (Lipinski definition) is 3. The highest BCUT2D eigenvalue weighted by Gasteiger charge is 2.01. The van der Waals surface area contributed by atoms with Crippen molar-refractivity contribution in [1.29, 1.82) is 0 Å². The standard InChI is InChI=1S/C8H15Cl2NO2/c1-13-6-8(12)2-3-11-5-7(10)4-9/h4,8,11-12H,2-3,5-6H2,1H3. The molecule has 0 rings (SSSR count). The number of ether oxygens (including phenoxy) is 1. The molecule has 0 bridgehead atoms. The van der Waals surface area contributed by atoms with E-state index in [0.717, 1.165) is 0 Å². The van der Waals surface area contributed by atoms with Crippen LogP contribution in [0.15, 0.2) is 10.6 Å². The Bertz CT molecular complexity index is 153. The van der Waals surface area contributed by atoms with Crippen LogP contribution in [0.5, 0.6) is 0 Å². The Hall–Kier alpha value is 0.200. The third-order valence-electron chi connectivity index (χ3n) is 1.43. The minimum Gasteiger partial charge on any atom is -0.391 e. The second-order valence-electron chi connectivity index (χ2n) is 2.63. The van der Waals surface area contributed by atoms with Gasteiger partial charge >= 0.3 is 0 Å². The van der Waals surface area contributed by atoms with Gasteiger partial charge in [0.25, 0.3) is 0 Å². The topological polar surface area (TPSA) is 41.5 Å². The van der Waals surface area contributed by atoms with Crippen molar-refractivity contribution in [2.45, 2.75) is 12.5 Å². The molecule has 0 aliphatic carbocycles. The van der Waals surface area contributed by atoms with Crippen LogP contribution >= 0.6 is 23.2 Å². The molecule has 5 heteroatoms. The molecule has 0 radical (unpaired) electrons. The Morgan fingerprint density at radius 2 is 2.38 bits per heavy atom. The van der Waals surface area contributed by atoms with Crippen molar-refractivity contribution < 1.29 is 9.84 Å². The first-order chi connectivity index (χ1) is 6.20. The summed E-state index contributed by atoms with van der Waals surface area (Å²) in [5.41, 5.74) is 1.32. The second-order valence-corrected chi connectivity index (χ2v) is 3.33. The number of nitrogens with one attached hydrogen (secondary N) is 1. The van der Waals surface area contributed by atoms with Crippen molar-refractivity contribution in [2.75, 3.05) is 26.8 Å². The van der Waals surface area contributed by atoms with E-state index in [1.807, 2.05) is 0 Å². The zero-order valence-corrected chi connectivity index (χ0v) is 9.11. The van der Waals surface area contributed by atoms with Crippen LogP contribution in [0, 0.1) is 0 Å². The van der Waals surface area contributed by atoms with Gasteiger partial charge in [-0.1, -0.05) is 23.2 Å². The van der Waals surface area contributed by atoms with Crippen LogP contribution in [0.25, 0.3) is 0 Å². The molecule has 0 amide bonds. The third kappa shape index (κ3) is 8.53. The summed E-state index contributed by atoms with van der Waals surface area (Å²) in [5.74, 6) is 0. The molecular formula is C8H15Cl2NO2. The van der Waals surface area contributed by atoms with Crippen molar-refractivity contribution in [3.63, 3.8) is 0 Å². The quantitative estimate of drug-likeness (QED) is 0.645. The molecule has 0 saturated heterocycles. The molecule has 0 saturated carbocycles. The van der Waals surface area contributed by atoms with E-state index in [9.17, 15) is 5.11 Å². The van der Waals surface area contributed by atoms with Crippen molar-refractivity contribution in [1.82, 2.24) is 5.32 Å². The fourth-order valence-electron chi connectivity index (χ4n) is 0.791. The molecule has 2 N–H and O–H groups in total. The van der Waals surface area contributed by atoms with E-state index in [2.05, 4.69) is 5.32 Å². The van der Waals surface area contributed by atoms with Crippen LogP contribution in [-0.4, -0.2) is 38.0 Å². The molecular weight excluding hydrogens is 213 g/mol. The Labute approximate surface area is 88.7 Å². The summed E-state index contributed by atoms with van der Waals surface area (Å²) in [6.45, 7) is 1.58. The zero-order chi connectivity index (χ0) is 10.1. The molecule has 3 nitrogen and oxygen atoms in total. The highest BCUT2D eigenvalue weighted by molar-refractivity contribution is 6.36. The normalized spacial score (nSPS) is 14.6. The van der Waals surface area contributed by atoms with Crippen molar-refractivity contribution in [3.05, 3.63) is 10.6 Å². The lowest BCUT2D eigenvalue weighted by molar-refractivity contribution is 0.0596. The number of hydrogen-bond donors (Lipinski definition) is 2. The highest BCUT2D eigenvalue weighted by Crippen LogP contribution is 2.00. The maximum Gasteiger partial charge on any atom is 0.0785 e. The fourth-order valence-corrected chi connectivity index (χ4v) is 0.962. The van der Waals surface area contributed by atoms with Gasteiger partial charge in [0.05, 0.1) is 12.7 Å². The summed E-state index contributed by atoms with van der Waals surface area (Å²) < 4.78 is 4.77. The van der Waals surface area contributed by atoms with Crippen molar-refractivity contribution >= 4 is 23.2 Å². The summed E-state index contributed by atoms with van der Waals surface area (Å²) in [6.07, 6.45) is 0.219. The van der Waals surface area contributed by atoms with Crippen LogP contribution in [-0.2, 0) is 4.74 Å². The molecule has 13 heavy (non-hydrogen) atoms. The van der Waals surface area contributed by atoms with Gasteiger partial charge in [0.2, 0.25) is 0 Å². The predicted octanol–water partition coefficient (Wildman–Crippen LogP) is 1.29. The molecule has 0 fully saturated rings. The molecule has 0 aromatic rings. The van der Waals surface area contributed by atoms with E-state index < -0.39 is 6.10 Å². The van der Waals surface area contributed by atoms with E-state index in [-0.39, 0.29) is 0 Å². The Morgan fingerprint density at radius 1 is 1.69 bits per heavy atom. The molecule has 1 atom stereocenters. The maximum absolute atomic E-state index is 9.23. The van der Waals surface area contributed by atoms with Gasteiger partial charge in [-0.15, -0.1) is 0 Å². The number of methoxy groups -OCH3 is 1. The smallest absolute Gasteiger partial charge is 0.0785 e. The number of aliphatic hydroxyl groups is 1. The zero-order valence-electron chi connectivity index (χ0n) is 7.59. The van der Waals surface area contributed by atoms with E-state index in [0.29, 0.717) is 31.1 Å². The van der Waals surface area contributed by atoms with Gasteiger partial charge in [-0.05, 0) is 13.0 Å². The highest BCUT2D eigenvalue weighted by atomic mass is 35.5. The minimum atomic E-state index is -0.420. The van der Waals surface area contributed by atoms with Crippen molar-refractivity contribution in [3.8, 4) is 0 Å². The SMILES string of the molecule is COCC(O)CCNCC(Cl)=CCl. The Balaban J connectivity index is 3.25. The second kappa shape index (κ2) is 8.78. The van der Waals surface area contributed by atoms with E-state index >= 15 is 0 Å². The molecule has 1 unspecified atom stereocenters. The third-order valence-corrected chi connectivity index (χ3v) is 2.04. The first-order valence-electron chi connectivity index (χ1n) is 4.03. The van der Waals surface area contributed by atoms with Gasteiger partial charge in [0, 0.05) is 24.2 Å². The summed E-state index contributed by atoms with van der Waals surface area (Å²) >= 11 is 11.0. The molecule has 0 aromatic heterocycles. The van der Waals surface area contributed by atoms with Crippen LogP contribution < -0.4 is 5.32 Å². The Kier molecular flexibility index (Phi) is 8.92. The van der Waals surface area contributed by atoms with Crippen LogP contribution in [0.4, 0.5) is 0 Å². The summed E-state index contributed by atoms with van der Waals surface area (Å²) in [5, 5.41) is 12.8. The molecule has 0 aliphatic rings. The summed E-state index contributed by atoms with van der Waals surface area (Å²) in [6, 6.07) is 0. The van der Waals surface area contributed by atoms with Crippen LogP contribution in [0.1, 0.15) is 6.42 Å². The first-order valence-corrected chi connectivity index (χ1v) is 4.84. The minimum absolute atomic E-state index is 0.362. The number of halogens is 2. The molecule has 0 heterocycles. The maximum atomic E-state index is 9.23. The van der Waals surface area contributed by atoms with Gasteiger partial charge in [-0.25, -0.2) is 0 Å².